The van der Waals surface area contributed by atoms with Gasteiger partial charge in [0.15, 0.2) is 0 Å². The highest BCUT2D eigenvalue weighted by Crippen LogP contribution is 2.22. The lowest BCUT2D eigenvalue weighted by molar-refractivity contribution is 0.303. The minimum absolute atomic E-state index is 0.518. The van der Waals surface area contributed by atoms with Gasteiger partial charge < -0.3 is 10.5 Å². The van der Waals surface area contributed by atoms with E-state index in [1.165, 1.54) is 0 Å². The van der Waals surface area contributed by atoms with Gasteiger partial charge in [0.25, 0.3) is 5.95 Å². The molecule has 0 atom stereocenters. The summed E-state index contributed by atoms with van der Waals surface area (Å²) in [5.74, 6) is 1.10. The number of rotatable bonds is 6. The molecule has 6 nitrogen and oxygen atoms in total. The van der Waals surface area contributed by atoms with E-state index in [1.807, 2.05) is 26.8 Å². The maximum atomic E-state index is 6.15. The Morgan fingerprint density at radius 2 is 1.95 bits per heavy atom. The van der Waals surface area contributed by atoms with E-state index in [1.54, 1.807) is 4.68 Å². The smallest absolute Gasteiger partial charge is 0.254 e. The first-order chi connectivity index (χ1) is 10.1. The van der Waals surface area contributed by atoms with Crippen LogP contribution >= 0.6 is 0 Å². The van der Waals surface area contributed by atoms with Crippen LogP contribution in [0.5, 0.6) is 5.88 Å². The van der Waals surface area contributed by atoms with Crippen LogP contribution in [-0.4, -0.2) is 26.4 Å². The third-order valence-electron chi connectivity index (χ3n) is 3.23. The van der Waals surface area contributed by atoms with Crippen LogP contribution < -0.4 is 10.5 Å². The second kappa shape index (κ2) is 6.56. The molecule has 2 aromatic heterocycles. The van der Waals surface area contributed by atoms with E-state index in [9.17, 15) is 0 Å². The number of hydrogen-bond acceptors (Lipinski definition) is 5. The second-order valence-corrected chi connectivity index (χ2v) is 4.92. The van der Waals surface area contributed by atoms with Crippen molar-refractivity contribution in [3.05, 3.63) is 23.1 Å². The molecule has 0 saturated heterocycles. The van der Waals surface area contributed by atoms with Crippen molar-refractivity contribution in [3.8, 4) is 11.8 Å². The lowest BCUT2D eigenvalue weighted by Gasteiger charge is -2.09. The van der Waals surface area contributed by atoms with Crippen molar-refractivity contribution in [2.24, 2.45) is 0 Å². The molecule has 0 amide bonds. The molecule has 2 N–H and O–H groups in total. The molecule has 0 fully saturated rings. The molecule has 2 rings (SSSR count). The van der Waals surface area contributed by atoms with E-state index < -0.39 is 0 Å². The van der Waals surface area contributed by atoms with E-state index >= 15 is 0 Å². The first-order valence-electron chi connectivity index (χ1n) is 7.45. The number of ether oxygens (including phenoxy) is 1. The van der Waals surface area contributed by atoms with E-state index in [0.717, 1.165) is 42.0 Å². The molecule has 2 heterocycles. The van der Waals surface area contributed by atoms with Gasteiger partial charge in [-0.3, -0.25) is 0 Å². The lowest BCUT2D eigenvalue weighted by atomic mass is 10.2. The van der Waals surface area contributed by atoms with Gasteiger partial charge in [0.05, 0.1) is 23.7 Å². The summed E-state index contributed by atoms with van der Waals surface area (Å²) in [5.41, 5.74) is 9.56. The molecule has 0 spiro atoms. The largest absolute Gasteiger partial charge is 0.478 e. The van der Waals surface area contributed by atoms with Crippen molar-refractivity contribution in [3.63, 3.8) is 0 Å². The first-order valence-corrected chi connectivity index (χ1v) is 7.45. The molecule has 2 aromatic rings. The summed E-state index contributed by atoms with van der Waals surface area (Å²) in [6.07, 6.45) is 2.51. The lowest BCUT2D eigenvalue weighted by Crippen LogP contribution is -2.10. The number of anilines is 1. The molecule has 0 aliphatic carbocycles. The van der Waals surface area contributed by atoms with Crippen molar-refractivity contribution in [2.45, 2.75) is 47.0 Å². The average molecular weight is 289 g/mol. The van der Waals surface area contributed by atoms with Gasteiger partial charge in [0.2, 0.25) is 5.88 Å². The zero-order valence-electron chi connectivity index (χ0n) is 13.2. The summed E-state index contributed by atoms with van der Waals surface area (Å²) >= 11 is 0. The average Bonchev–Trinajstić information content (AvgIpc) is 2.80. The number of nitrogens with zero attached hydrogens (tertiary/aromatic N) is 4. The monoisotopic (exact) mass is 289 g/mol. The van der Waals surface area contributed by atoms with Crippen LogP contribution in [0.25, 0.3) is 5.95 Å². The summed E-state index contributed by atoms with van der Waals surface area (Å²) < 4.78 is 7.35. The number of hydrogen-bond donors (Lipinski definition) is 1. The zero-order valence-corrected chi connectivity index (χ0v) is 13.2. The molecule has 114 valence electrons. The van der Waals surface area contributed by atoms with Crippen molar-refractivity contribution >= 4 is 5.69 Å². The van der Waals surface area contributed by atoms with Gasteiger partial charge in [-0.1, -0.05) is 20.8 Å². The summed E-state index contributed by atoms with van der Waals surface area (Å²) in [5, 5.41) is 4.54. The Kier molecular flexibility index (Phi) is 4.77. The number of nitrogen functional groups attached to an aromatic ring is 1. The normalized spacial score (nSPS) is 10.9. The highest BCUT2D eigenvalue weighted by Gasteiger charge is 2.16. The van der Waals surface area contributed by atoms with E-state index in [2.05, 4.69) is 22.0 Å². The molecule has 0 aromatic carbocycles. The van der Waals surface area contributed by atoms with Gasteiger partial charge >= 0.3 is 0 Å². The highest BCUT2D eigenvalue weighted by atomic mass is 16.5. The molecular weight excluding hydrogens is 266 g/mol. The second-order valence-electron chi connectivity index (χ2n) is 4.92. The summed E-state index contributed by atoms with van der Waals surface area (Å²) in [7, 11) is 0. The molecule has 0 unspecified atom stereocenters. The zero-order chi connectivity index (χ0) is 15.4. The minimum Gasteiger partial charge on any atom is -0.478 e. The molecular formula is C15H23N5O. The van der Waals surface area contributed by atoms with Crippen LogP contribution in [0.3, 0.4) is 0 Å². The number of aromatic nitrogens is 4. The molecule has 0 bridgehead atoms. The Labute approximate surface area is 125 Å². The van der Waals surface area contributed by atoms with Gasteiger partial charge in [0.1, 0.15) is 0 Å². The van der Waals surface area contributed by atoms with Crippen LogP contribution in [0.4, 0.5) is 5.69 Å². The summed E-state index contributed by atoms with van der Waals surface area (Å²) in [6.45, 7) is 8.70. The van der Waals surface area contributed by atoms with E-state index in [-0.39, 0.29) is 0 Å². The first kappa shape index (κ1) is 15.3. The van der Waals surface area contributed by atoms with Crippen molar-refractivity contribution in [1.82, 2.24) is 19.7 Å². The third kappa shape index (κ3) is 3.15. The van der Waals surface area contributed by atoms with Crippen molar-refractivity contribution < 1.29 is 4.74 Å². The molecule has 0 saturated carbocycles. The van der Waals surface area contributed by atoms with Gasteiger partial charge in [-0.25, -0.2) is 9.67 Å². The number of nitrogens with two attached hydrogens (primary N) is 1. The molecule has 21 heavy (non-hydrogen) atoms. The molecule has 0 aliphatic heterocycles. The van der Waals surface area contributed by atoms with Gasteiger partial charge in [0, 0.05) is 11.8 Å². The van der Waals surface area contributed by atoms with E-state index in [0.29, 0.717) is 18.4 Å². The predicted molar refractivity (Wildman–Crippen MR) is 82.8 cm³/mol. The Hall–Kier alpha value is -2.11. The summed E-state index contributed by atoms with van der Waals surface area (Å²) in [4.78, 5) is 8.91. The van der Waals surface area contributed by atoms with Crippen LogP contribution in [0.2, 0.25) is 0 Å². The predicted octanol–water partition coefficient (Wildman–Crippen LogP) is 2.47. The number of aryl methyl sites for hydroxylation is 2. The van der Waals surface area contributed by atoms with Crippen LogP contribution in [0, 0.1) is 6.92 Å². The minimum atomic E-state index is 0.518. The van der Waals surface area contributed by atoms with Crippen molar-refractivity contribution in [1.29, 1.82) is 0 Å². The third-order valence-corrected chi connectivity index (χ3v) is 3.23. The Balaban J connectivity index is 2.48. The highest BCUT2D eigenvalue weighted by molar-refractivity contribution is 5.50. The van der Waals surface area contributed by atoms with E-state index in [4.69, 9.17) is 10.5 Å². The SMILES string of the molecule is CCCOc1cc(C)nc(-n2nc(CC)c(N)c2CC)n1. The standard InChI is InChI=1S/C15H23N5O/c1-5-8-21-13-9-10(4)17-15(18-13)20-12(7-3)14(16)11(6-2)19-20/h9H,5-8,16H2,1-4H3. The fourth-order valence-corrected chi connectivity index (χ4v) is 2.18. The molecule has 0 aliphatic rings. The van der Waals surface area contributed by atoms with Gasteiger partial charge in [-0.15, -0.1) is 0 Å². The Bertz CT molecular complexity index is 621. The molecule has 6 heteroatoms. The van der Waals surface area contributed by atoms with Crippen molar-refractivity contribution in [2.75, 3.05) is 12.3 Å². The quantitative estimate of drug-likeness (QED) is 0.883. The fourth-order valence-electron chi connectivity index (χ4n) is 2.18. The fraction of sp³-hybridized carbons (Fsp3) is 0.533. The van der Waals surface area contributed by atoms with Crippen LogP contribution in [-0.2, 0) is 12.8 Å². The maximum Gasteiger partial charge on any atom is 0.254 e. The Morgan fingerprint density at radius 3 is 2.57 bits per heavy atom. The van der Waals surface area contributed by atoms with Crippen LogP contribution in [0.15, 0.2) is 6.07 Å². The van der Waals surface area contributed by atoms with Gasteiger partial charge in [-0.05, 0) is 26.2 Å². The van der Waals surface area contributed by atoms with Gasteiger partial charge in [-0.2, -0.15) is 10.1 Å². The Morgan fingerprint density at radius 1 is 1.19 bits per heavy atom. The van der Waals surface area contributed by atoms with Crippen LogP contribution in [0.1, 0.15) is 44.3 Å². The topological polar surface area (TPSA) is 78.8 Å². The maximum absolute atomic E-state index is 6.15. The molecule has 0 radical (unpaired) electrons. The summed E-state index contributed by atoms with van der Waals surface area (Å²) in [6, 6.07) is 1.83.